The maximum absolute atomic E-state index is 14.0. The number of carbonyl (C=O) groups is 1. The molecule has 1 aromatic rings. The predicted octanol–water partition coefficient (Wildman–Crippen LogP) is 3.19. The summed E-state index contributed by atoms with van der Waals surface area (Å²) in [6, 6.07) is 4.94. The van der Waals surface area contributed by atoms with Gasteiger partial charge in [-0.2, -0.15) is 0 Å². The number of nitrogens with zero attached hydrogens (tertiary/aromatic N) is 1. The molecule has 0 fully saturated rings. The van der Waals surface area contributed by atoms with Crippen LogP contribution in [0.3, 0.4) is 0 Å². The minimum atomic E-state index is -0.484. The van der Waals surface area contributed by atoms with Crippen molar-refractivity contribution in [2.45, 2.75) is 6.92 Å². The molecular weight excluding hydrogens is 293 g/mol. The molecular formula is C15H16FNO3S. The number of ether oxygens (including phenoxy) is 2. The molecule has 2 rings (SSSR count). The zero-order valence-corrected chi connectivity index (χ0v) is 12.9. The monoisotopic (exact) mass is 309 g/mol. The second kappa shape index (κ2) is 6.67. The van der Waals surface area contributed by atoms with Gasteiger partial charge in [-0.1, -0.05) is 12.1 Å². The summed E-state index contributed by atoms with van der Waals surface area (Å²) in [6.45, 7) is 1.85. The highest BCUT2D eigenvalue weighted by atomic mass is 32.2. The van der Waals surface area contributed by atoms with Gasteiger partial charge in [0.05, 0.1) is 32.0 Å². The molecule has 1 aliphatic rings. The number of rotatable bonds is 4. The fourth-order valence-corrected chi connectivity index (χ4v) is 3.02. The number of benzene rings is 1. The highest BCUT2D eigenvalue weighted by Gasteiger charge is 2.25. The Morgan fingerprint density at radius 2 is 2.19 bits per heavy atom. The van der Waals surface area contributed by atoms with Crippen LogP contribution in [0.5, 0.6) is 0 Å². The molecule has 1 aromatic carbocycles. The number of hydrogen-bond donors (Lipinski definition) is 0. The second-order valence-electron chi connectivity index (χ2n) is 4.40. The van der Waals surface area contributed by atoms with E-state index in [4.69, 9.17) is 9.47 Å². The number of anilines is 1. The molecule has 4 nitrogen and oxygen atoms in total. The molecule has 0 atom stereocenters. The first-order valence-corrected chi connectivity index (χ1v) is 7.25. The Bertz CT molecular complexity index is 593. The van der Waals surface area contributed by atoms with E-state index in [9.17, 15) is 9.18 Å². The number of hydrogen-bond acceptors (Lipinski definition) is 5. The third-order valence-electron chi connectivity index (χ3n) is 3.01. The van der Waals surface area contributed by atoms with Gasteiger partial charge in [-0.15, -0.1) is 11.8 Å². The summed E-state index contributed by atoms with van der Waals surface area (Å²) in [4.78, 5) is 14.2. The maximum atomic E-state index is 14.0. The molecule has 0 saturated carbocycles. The van der Waals surface area contributed by atoms with Gasteiger partial charge in [0.2, 0.25) is 0 Å². The second-order valence-corrected chi connectivity index (χ2v) is 5.39. The van der Waals surface area contributed by atoms with Gasteiger partial charge in [-0.3, -0.25) is 0 Å². The lowest BCUT2D eigenvalue weighted by Crippen LogP contribution is -2.14. The maximum Gasteiger partial charge on any atom is 0.342 e. The minimum Gasteiger partial charge on any atom is -0.503 e. The van der Waals surface area contributed by atoms with E-state index in [1.165, 1.54) is 38.3 Å². The molecule has 0 radical (unpaired) electrons. The van der Waals surface area contributed by atoms with E-state index in [1.807, 2.05) is 13.0 Å². The van der Waals surface area contributed by atoms with Crippen LogP contribution in [-0.2, 0) is 14.3 Å². The summed E-state index contributed by atoms with van der Waals surface area (Å²) < 4.78 is 23.6. The quantitative estimate of drug-likeness (QED) is 0.485. The van der Waals surface area contributed by atoms with E-state index < -0.39 is 5.97 Å². The van der Waals surface area contributed by atoms with Crippen molar-refractivity contribution in [3.05, 3.63) is 52.5 Å². The van der Waals surface area contributed by atoms with Gasteiger partial charge >= 0.3 is 5.97 Å². The fraction of sp³-hybridized carbons (Fsp3) is 0.267. The number of halogens is 1. The minimum absolute atomic E-state index is 0.288. The predicted molar refractivity (Wildman–Crippen MR) is 81.3 cm³/mol. The highest BCUT2D eigenvalue weighted by Crippen LogP contribution is 2.37. The smallest absolute Gasteiger partial charge is 0.342 e. The van der Waals surface area contributed by atoms with Crippen LogP contribution in [-0.4, -0.2) is 26.1 Å². The van der Waals surface area contributed by atoms with Crippen molar-refractivity contribution in [3.8, 4) is 0 Å². The van der Waals surface area contributed by atoms with Crippen molar-refractivity contribution in [1.29, 1.82) is 0 Å². The lowest BCUT2D eigenvalue weighted by molar-refractivity contribution is -0.135. The van der Waals surface area contributed by atoms with Crippen molar-refractivity contribution in [2.24, 2.45) is 0 Å². The standard InChI is InChI=1S/C15H16FNO3S/c1-10-5-4-6-12(16)14(10)17-7-13(21-9-17)11(8-19-2)15(18)20-3/h4-8H,9H2,1-3H3. The van der Waals surface area contributed by atoms with Gasteiger partial charge < -0.3 is 14.4 Å². The van der Waals surface area contributed by atoms with Crippen LogP contribution >= 0.6 is 11.8 Å². The molecule has 6 heteroatoms. The summed E-state index contributed by atoms with van der Waals surface area (Å²) in [5.41, 5.74) is 1.67. The Labute approximate surface area is 127 Å². The van der Waals surface area contributed by atoms with Gasteiger partial charge in [-0.25, -0.2) is 9.18 Å². The number of carbonyl (C=O) groups excluding carboxylic acids is 1. The van der Waals surface area contributed by atoms with Crippen molar-refractivity contribution >= 4 is 23.4 Å². The van der Waals surface area contributed by atoms with Crippen LogP contribution in [0.4, 0.5) is 10.1 Å². The summed E-state index contributed by atoms with van der Waals surface area (Å²) in [5, 5.41) is 0. The highest BCUT2D eigenvalue weighted by molar-refractivity contribution is 8.03. The first-order valence-electron chi connectivity index (χ1n) is 6.26. The molecule has 0 aliphatic carbocycles. The van der Waals surface area contributed by atoms with Crippen LogP contribution in [0, 0.1) is 12.7 Å². The zero-order valence-electron chi connectivity index (χ0n) is 12.1. The normalized spacial score (nSPS) is 15.0. The summed E-state index contributed by atoms with van der Waals surface area (Å²) in [6.07, 6.45) is 3.07. The van der Waals surface area contributed by atoms with Gasteiger partial charge in [-0.05, 0) is 18.6 Å². The average molecular weight is 309 g/mol. The molecule has 21 heavy (non-hydrogen) atoms. The fourth-order valence-electron chi connectivity index (χ4n) is 2.05. The Morgan fingerprint density at radius 1 is 1.43 bits per heavy atom. The van der Waals surface area contributed by atoms with E-state index >= 15 is 0 Å². The van der Waals surface area contributed by atoms with Gasteiger partial charge in [0.1, 0.15) is 11.4 Å². The number of aryl methyl sites for hydroxylation is 1. The summed E-state index contributed by atoms with van der Waals surface area (Å²) in [5.74, 6) is -0.249. The number of methoxy groups -OCH3 is 2. The molecule has 0 unspecified atom stereocenters. The van der Waals surface area contributed by atoms with Crippen molar-refractivity contribution in [2.75, 3.05) is 25.0 Å². The Balaban J connectivity index is 2.34. The van der Waals surface area contributed by atoms with Gasteiger partial charge in [0.15, 0.2) is 0 Å². The first kappa shape index (κ1) is 15.4. The molecule has 112 valence electrons. The largest absolute Gasteiger partial charge is 0.503 e. The van der Waals surface area contributed by atoms with Crippen molar-refractivity contribution in [1.82, 2.24) is 0 Å². The Kier molecular flexibility index (Phi) is 4.90. The van der Waals surface area contributed by atoms with E-state index in [2.05, 4.69) is 0 Å². The Morgan fingerprint density at radius 3 is 2.81 bits per heavy atom. The molecule has 1 aliphatic heterocycles. The van der Waals surface area contributed by atoms with Crippen LogP contribution in [0.15, 0.2) is 41.1 Å². The SMILES string of the molecule is COC=C(C(=O)OC)C1=CN(c2c(C)cccc2F)CS1. The van der Waals surface area contributed by atoms with Crippen LogP contribution in [0.1, 0.15) is 5.56 Å². The average Bonchev–Trinajstić information content (AvgIpc) is 2.93. The molecule has 1 heterocycles. The van der Waals surface area contributed by atoms with Crippen molar-refractivity contribution < 1.29 is 18.7 Å². The topological polar surface area (TPSA) is 38.8 Å². The molecule has 0 spiro atoms. The van der Waals surface area contributed by atoms with Gasteiger partial charge in [0.25, 0.3) is 0 Å². The molecule has 0 aromatic heterocycles. The van der Waals surface area contributed by atoms with E-state index in [-0.39, 0.29) is 5.82 Å². The lowest BCUT2D eigenvalue weighted by atomic mass is 10.2. The summed E-state index contributed by atoms with van der Waals surface area (Å²) in [7, 11) is 2.77. The molecule has 0 bridgehead atoms. The van der Waals surface area contributed by atoms with E-state index in [0.29, 0.717) is 22.0 Å². The Hall–Kier alpha value is -1.95. The van der Waals surface area contributed by atoms with Gasteiger partial charge in [0, 0.05) is 11.1 Å². The summed E-state index contributed by atoms with van der Waals surface area (Å²) >= 11 is 1.43. The number of thioether (sulfide) groups is 1. The molecule has 0 saturated heterocycles. The molecule has 0 N–H and O–H groups in total. The van der Waals surface area contributed by atoms with E-state index in [0.717, 1.165) is 5.56 Å². The number of esters is 1. The first-order chi connectivity index (χ1) is 10.1. The zero-order chi connectivity index (χ0) is 15.4. The van der Waals surface area contributed by atoms with Crippen LogP contribution in [0.25, 0.3) is 0 Å². The third kappa shape index (κ3) is 3.21. The third-order valence-corrected chi connectivity index (χ3v) is 4.06. The van der Waals surface area contributed by atoms with Crippen LogP contribution < -0.4 is 4.90 Å². The molecule has 0 amide bonds. The number of para-hydroxylation sites is 1. The van der Waals surface area contributed by atoms with Crippen molar-refractivity contribution in [3.63, 3.8) is 0 Å². The van der Waals surface area contributed by atoms with E-state index in [1.54, 1.807) is 17.2 Å². The lowest BCUT2D eigenvalue weighted by Gasteiger charge is -2.17. The van der Waals surface area contributed by atoms with Crippen LogP contribution in [0.2, 0.25) is 0 Å².